The summed E-state index contributed by atoms with van der Waals surface area (Å²) in [6, 6.07) is 5.26. The zero-order valence-electron chi connectivity index (χ0n) is 10.1. The Morgan fingerprint density at radius 1 is 1.22 bits per heavy atom. The van der Waals surface area contributed by atoms with Crippen LogP contribution in [-0.4, -0.2) is 9.66 Å². The van der Waals surface area contributed by atoms with Crippen LogP contribution < -0.4 is 11.6 Å². The maximum absolute atomic E-state index is 5.99. The molecule has 0 fully saturated rings. The van der Waals surface area contributed by atoms with Gasteiger partial charge in [0.25, 0.3) is 0 Å². The molecule has 0 atom stereocenters. The Bertz CT molecular complexity index is 590. The normalized spacial score (nSPS) is 11.2. The zero-order chi connectivity index (χ0) is 13.4. The van der Waals surface area contributed by atoms with Crippen molar-refractivity contribution >= 4 is 29.0 Å². The lowest BCUT2D eigenvalue weighted by atomic mass is 10.1. The molecule has 0 aliphatic heterocycles. The van der Waals surface area contributed by atoms with Crippen LogP contribution in [0, 0.1) is 0 Å². The molecule has 0 amide bonds. The molecule has 0 aliphatic carbocycles. The van der Waals surface area contributed by atoms with Gasteiger partial charge in [0.2, 0.25) is 0 Å². The van der Waals surface area contributed by atoms with Crippen molar-refractivity contribution in [2.45, 2.75) is 19.8 Å². The molecular formula is C12H14Cl2N4. The summed E-state index contributed by atoms with van der Waals surface area (Å²) in [5.74, 6) is 7.21. The Kier molecular flexibility index (Phi) is 3.41. The predicted molar refractivity (Wildman–Crippen MR) is 76.3 cm³/mol. The van der Waals surface area contributed by atoms with Crippen molar-refractivity contribution in [3.05, 3.63) is 34.1 Å². The molecule has 0 radical (unpaired) electrons. The van der Waals surface area contributed by atoms with Crippen LogP contribution in [-0.2, 0) is 0 Å². The highest BCUT2D eigenvalue weighted by molar-refractivity contribution is 6.42. The van der Waals surface area contributed by atoms with Gasteiger partial charge in [0.05, 0.1) is 10.0 Å². The van der Waals surface area contributed by atoms with Crippen molar-refractivity contribution < 1.29 is 0 Å². The number of hydrogen-bond donors (Lipinski definition) is 2. The van der Waals surface area contributed by atoms with Gasteiger partial charge in [0.1, 0.15) is 11.5 Å². The van der Waals surface area contributed by atoms with Gasteiger partial charge in [-0.3, -0.25) is 0 Å². The summed E-state index contributed by atoms with van der Waals surface area (Å²) in [6.07, 6.45) is 0. The number of nitrogen functional groups attached to an aromatic ring is 2. The SMILES string of the molecule is CC(C)c1nc(-c2ccc(Cl)c(Cl)c2)c(N)n1N. The first-order chi connectivity index (χ1) is 8.41. The minimum absolute atomic E-state index is 0.189. The summed E-state index contributed by atoms with van der Waals surface area (Å²) in [5, 5.41) is 0.960. The van der Waals surface area contributed by atoms with E-state index < -0.39 is 0 Å². The summed E-state index contributed by atoms with van der Waals surface area (Å²) in [4.78, 5) is 4.46. The summed E-state index contributed by atoms with van der Waals surface area (Å²) < 4.78 is 1.41. The van der Waals surface area contributed by atoms with Gasteiger partial charge in [0.15, 0.2) is 5.82 Å². The van der Waals surface area contributed by atoms with Crippen molar-refractivity contribution in [3.63, 3.8) is 0 Å². The van der Waals surface area contributed by atoms with Gasteiger partial charge in [0, 0.05) is 11.5 Å². The lowest BCUT2D eigenvalue weighted by Crippen LogP contribution is -2.16. The van der Waals surface area contributed by atoms with Crippen LogP contribution in [0.4, 0.5) is 5.82 Å². The van der Waals surface area contributed by atoms with Crippen LogP contribution in [0.3, 0.4) is 0 Å². The van der Waals surface area contributed by atoms with E-state index in [2.05, 4.69) is 4.98 Å². The van der Waals surface area contributed by atoms with E-state index in [1.165, 1.54) is 4.68 Å². The Hall–Kier alpha value is -1.39. The fourth-order valence-corrected chi connectivity index (χ4v) is 2.02. The molecule has 18 heavy (non-hydrogen) atoms. The topological polar surface area (TPSA) is 69.9 Å². The van der Waals surface area contributed by atoms with Gasteiger partial charge >= 0.3 is 0 Å². The molecule has 0 saturated heterocycles. The monoisotopic (exact) mass is 284 g/mol. The molecule has 0 bridgehead atoms. The average molecular weight is 285 g/mol. The second kappa shape index (κ2) is 4.71. The molecule has 4 nitrogen and oxygen atoms in total. The van der Waals surface area contributed by atoms with Gasteiger partial charge in [-0.2, -0.15) is 0 Å². The van der Waals surface area contributed by atoms with E-state index in [4.69, 9.17) is 34.8 Å². The number of hydrogen-bond acceptors (Lipinski definition) is 3. The maximum Gasteiger partial charge on any atom is 0.150 e. The molecule has 1 aromatic heterocycles. The fraction of sp³-hybridized carbons (Fsp3) is 0.250. The largest absolute Gasteiger partial charge is 0.382 e. The van der Waals surface area contributed by atoms with Gasteiger partial charge in [-0.05, 0) is 12.1 Å². The molecule has 2 aromatic rings. The highest BCUT2D eigenvalue weighted by Gasteiger charge is 2.17. The van der Waals surface area contributed by atoms with Crippen LogP contribution in [0.1, 0.15) is 25.6 Å². The van der Waals surface area contributed by atoms with Gasteiger partial charge in [-0.15, -0.1) is 0 Å². The number of halogens is 2. The molecule has 0 unspecified atom stereocenters. The Morgan fingerprint density at radius 3 is 2.39 bits per heavy atom. The molecule has 0 aliphatic rings. The minimum Gasteiger partial charge on any atom is -0.382 e. The van der Waals surface area contributed by atoms with E-state index >= 15 is 0 Å². The Balaban J connectivity index is 2.57. The van der Waals surface area contributed by atoms with Crippen LogP contribution >= 0.6 is 23.2 Å². The van der Waals surface area contributed by atoms with Crippen molar-refractivity contribution in [3.8, 4) is 11.3 Å². The van der Waals surface area contributed by atoms with E-state index in [0.29, 0.717) is 21.6 Å². The lowest BCUT2D eigenvalue weighted by molar-refractivity contribution is 0.739. The van der Waals surface area contributed by atoms with Crippen LogP contribution in [0.2, 0.25) is 10.0 Å². The van der Waals surface area contributed by atoms with E-state index in [-0.39, 0.29) is 5.92 Å². The van der Waals surface area contributed by atoms with E-state index in [9.17, 15) is 0 Å². The average Bonchev–Trinajstić information content (AvgIpc) is 2.60. The lowest BCUT2D eigenvalue weighted by Gasteiger charge is -2.04. The fourth-order valence-electron chi connectivity index (χ4n) is 1.73. The van der Waals surface area contributed by atoms with Crippen LogP contribution in [0.15, 0.2) is 18.2 Å². The molecule has 4 N–H and O–H groups in total. The van der Waals surface area contributed by atoms with E-state index in [1.807, 2.05) is 19.9 Å². The zero-order valence-corrected chi connectivity index (χ0v) is 11.6. The quantitative estimate of drug-likeness (QED) is 0.832. The third-order valence-corrected chi connectivity index (χ3v) is 3.42. The first kappa shape index (κ1) is 13.1. The summed E-state index contributed by atoms with van der Waals surface area (Å²) >= 11 is 11.9. The second-order valence-electron chi connectivity index (χ2n) is 4.36. The first-order valence-electron chi connectivity index (χ1n) is 5.50. The maximum atomic E-state index is 5.99. The number of imidazole rings is 1. The van der Waals surface area contributed by atoms with Crippen LogP contribution in [0.5, 0.6) is 0 Å². The molecule has 1 heterocycles. The minimum atomic E-state index is 0.189. The van der Waals surface area contributed by atoms with Crippen molar-refractivity contribution in [2.24, 2.45) is 0 Å². The third kappa shape index (κ3) is 2.13. The third-order valence-electron chi connectivity index (χ3n) is 2.68. The second-order valence-corrected chi connectivity index (χ2v) is 5.17. The van der Waals surface area contributed by atoms with Crippen molar-refractivity contribution in [1.29, 1.82) is 0 Å². The van der Waals surface area contributed by atoms with Gasteiger partial charge < -0.3 is 11.6 Å². The molecule has 0 saturated carbocycles. The molecule has 2 rings (SSSR count). The highest BCUT2D eigenvalue weighted by Crippen LogP contribution is 2.32. The molecule has 0 spiro atoms. The molecule has 6 heteroatoms. The van der Waals surface area contributed by atoms with Crippen molar-refractivity contribution in [1.82, 2.24) is 9.66 Å². The summed E-state index contributed by atoms with van der Waals surface area (Å²) in [7, 11) is 0. The number of anilines is 1. The number of rotatable bonds is 2. The standard InChI is InChI=1S/C12H14Cl2N4/c1-6(2)12-17-10(11(15)18(12)16)7-3-4-8(13)9(14)5-7/h3-6H,15-16H2,1-2H3. The van der Waals surface area contributed by atoms with Gasteiger partial charge in [-0.25, -0.2) is 9.66 Å². The van der Waals surface area contributed by atoms with Crippen molar-refractivity contribution in [2.75, 3.05) is 11.6 Å². The molecular weight excluding hydrogens is 271 g/mol. The van der Waals surface area contributed by atoms with E-state index in [0.717, 1.165) is 11.4 Å². The smallest absolute Gasteiger partial charge is 0.150 e. The number of nitrogens with two attached hydrogens (primary N) is 2. The highest BCUT2D eigenvalue weighted by atomic mass is 35.5. The number of aromatic nitrogens is 2. The summed E-state index contributed by atoms with van der Waals surface area (Å²) in [5.41, 5.74) is 7.38. The van der Waals surface area contributed by atoms with E-state index in [1.54, 1.807) is 12.1 Å². The Labute approximate surface area is 115 Å². The Morgan fingerprint density at radius 2 is 1.89 bits per heavy atom. The molecule has 1 aromatic carbocycles. The number of nitrogens with zero attached hydrogens (tertiary/aromatic N) is 2. The first-order valence-corrected chi connectivity index (χ1v) is 6.26. The van der Waals surface area contributed by atoms with Crippen LogP contribution in [0.25, 0.3) is 11.3 Å². The predicted octanol–water partition coefficient (Wildman–Crippen LogP) is 3.28. The molecule has 96 valence electrons. The summed E-state index contributed by atoms with van der Waals surface area (Å²) in [6.45, 7) is 4.01. The number of benzene rings is 1. The van der Waals surface area contributed by atoms with Gasteiger partial charge in [-0.1, -0.05) is 43.1 Å².